The first kappa shape index (κ1) is 20.6. The molecule has 22 heavy (non-hydrogen) atoms. The Morgan fingerprint density at radius 1 is 1.23 bits per heavy atom. The standard InChI is InChI=1S/C13H14NO2P.C2H6O.CH4O/c1-2-16-17-9-13-6-12-5-10(8-15)3-4-11(12)7-14-13;1-2-3;1-2/h3-8,17H,2,9H2,1H3;3H,2H2,1H3;2H,1H3. The first-order valence-electron chi connectivity index (χ1n) is 6.99. The number of hydrogen-bond acceptors (Lipinski definition) is 5. The monoisotopic (exact) mass is 325 g/mol. The van der Waals surface area contributed by atoms with Gasteiger partial charge in [-0.1, -0.05) is 12.1 Å². The molecule has 6 heteroatoms. The van der Waals surface area contributed by atoms with Crippen LogP contribution in [0, 0.1) is 0 Å². The maximum Gasteiger partial charge on any atom is 0.150 e. The average molecular weight is 325 g/mol. The Bertz CT molecular complexity index is 549. The van der Waals surface area contributed by atoms with Gasteiger partial charge in [-0.3, -0.25) is 9.78 Å². The molecule has 0 spiro atoms. The van der Waals surface area contributed by atoms with E-state index in [1.807, 2.05) is 31.3 Å². The van der Waals surface area contributed by atoms with E-state index >= 15 is 0 Å². The summed E-state index contributed by atoms with van der Waals surface area (Å²) >= 11 is 0. The number of hydrogen-bond donors (Lipinski definition) is 2. The van der Waals surface area contributed by atoms with Crippen LogP contribution in [0.15, 0.2) is 30.5 Å². The second kappa shape index (κ2) is 13.3. The number of benzene rings is 1. The number of rotatable bonds is 5. The molecule has 0 aliphatic heterocycles. The van der Waals surface area contributed by atoms with E-state index in [9.17, 15) is 4.79 Å². The van der Waals surface area contributed by atoms with Crippen LogP contribution in [0.3, 0.4) is 0 Å². The molecule has 1 aromatic heterocycles. The predicted octanol–water partition coefficient (Wildman–Crippen LogP) is 2.78. The van der Waals surface area contributed by atoms with Crippen molar-refractivity contribution in [1.29, 1.82) is 0 Å². The Balaban J connectivity index is 0.000000789. The highest BCUT2D eigenvalue weighted by molar-refractivity contribution is 7.31. The second-order valence-corrected chi connectivity index (χ2v) is 4.90. The van der Waals surface area contributed by atoms with Crippen LogP contribution in [-0.4, -0.2) is 41.8 Å². The number of aromatic nitrogens is 1. The molecule has 0 fully saturated rings. The Morgan fingerprint density at radius 2 is 1.91 bits per heavy atom. The first-order valence-corrected chi connectivity index (χ1v) is 8.10. The third kappa shape index (κ3) is 7.57. The molecule has 2 aromatic rings. The quantitative estimate of drug-likeness (QED) is 0.502. The third-order valence-corrected chi connectivity index (χ3v) is 3.44. The van der Waals surface area contributed by atoms with Crippen LogP contribution < -0.4 is 0 Å². The summed E-state index contributed by atoms with van der Waals surface area (Å²) in [5.74, 6) is 0. The molecule has 2 rings (SSSR count). The van der Waals surface area contributed by atoms with E-state index in [0.717, 1.165) is 42.6 Å². The Hall–Kier alpha value is -1.39. The second-order valence-electron chi connectivity index (χ2n) is 3.97. The van der Waals surface area contributed by atoms with Crippen molar-refractivity contribution in [3.63, 3.8) is 0 Å². The minimum atomic E-state index is 0.250. The first-order chi connectivity index (χ1) is 10.7. The minimum absolute atomic E-state index is 0.250. The van der Waals surface area contributed by atoms with E-state index in [4.69, 9.17) is 14.7 Å². The number of nitrogens with zero attached hydrogens (tertiary/aromatic N) is 1. The van der Waals surface area contributed by atoms with E-state index < -0.39 is 0 Å². The molecule has 0 saturated carbocycles. The Kier molecular flexibility index (Phi) is 12.4. The summed E-state index contributed by atoms with van der Waals surface area (Å²) in [6.07, 6.45) is 3.53. The molecule has 122 valence electrons. The highest BCUT2D eigenvalue weighted by Crippen LogP contribution is 2.21. The van der Waals surface area contributed by atoms with Gasteiger partial charge in [0.2, 0.25) is 0 Å². The maximum atomic E-state index is 10.7. The van der Waals surface area contributed by atoms with Crippen molar-refractivity contribution in [3.8, 4) is 0 Å². The summed E-state index contributed by atoms with van der Waals surface area (Å²) < 4.78 is 5.33. The van der Waals surface area contributed by atoms with Crippen LogP contribution in [0.4, 0.5) is 0 Å². The van der Waals surface area contributed by atoms with Gasteiger partial charge in [0.05, 0.1) is 0 Å². The highest BCUT2D eigenvalue weighted by Gasteiger charge is 2.00. The highest BCUT2D eigenvalue weighted by atomic mass is 31.1. The zero-order chi connectivity index (χ0) is 16.8. The van der Waals surface area contributed by atoms with Crippen LogP contribution in [0.1, 0.15) is 29.9 Å². The number of aliphatic hydroxyl groups excluding tert-OH is 2. The van der Waals surface area contributed by atoms with Crippen molar-refractivity contribution in [3.05, 3.63) is 41.7 Å². The lowest BCUT2D eigenvalue weighted by atomic mass is 10.1. The van der Waals surface area contributed by atoms with Crippen LogP contribution in [0.25, 0.3) is 10.8 Å². The lowest BCUT2D eigenvalue weighted by Crippen LogP contribution is -1.88. The van der Waals surface area contributed by atoms with Crippen molar-refractivity contribution < 1.29 is 19.5 Å². The van der Waals surface area contributed by atoms with Crippen molar-refractivity contribution in [2.75, 3.05) is 20.3 Å². The largest absolute Gasteiger partial charge is 0.400 e. The normalized spacial score (nSPS) is 9.86. The summed E-state index contributed by atoms with van der Waals surface area (Å²) in [6, 6.07) is 7.63. The molecule has 2 N–H and O–H groups in total. The molecule has 0 saturated heterocycles. The zero-order valence-electron chi connectivity index (χ0n) is 13.2. The van der Waals surface area contributed by atoms with Crippen molar-refractivity contribution in [1.82, 2.24) is 4.98 Å². The van der Waals surface area contributed by atoms with Gasteiger partial charge in [-0.05, 0) is 31.4 Å². The summed E-state index contributed by atoms with van der Waals surface area (Å²) in [4.78, 5) is 15.1. The summed E-state index contributed by atoms with van der Waals surface area (Å²) in [6.45, 7) is 4.65. The third-order valence-electron chi connectivity index (χ3n) is 2.44. The zero-order valence-corrected chi connectivity index (χ0v) is 14.2. The molecule has 1 heterocycles. The van der Waals surface area contributed by atoms with Gasteiger partial charge in [-0.25, -0.2) is 0 Å². The van der Waals surface area contributed by atoms with E-state index in [-0.39, 0.29) is 6.61 Å². The Morgan fingerprint density at radius 3 is 2.50 bits per heavy atom. The molecule has 0 amide bonds. The van der Waals surface area contributed by atoms with Gasteiger partial charge in [0, 0.05) is 58.1 Å². The minimum Gasteiger partial charge on any atom is -0.400 e. The van der Waals surface area contributed by atoms with Crippen LogP contribution >= 0.6 is 8.81 Å². The average Bonchev–Trinajstić information content (AvgIpc) is 2.57. The van der Waals surface area contributed by atoms with Gasteiger partial charge in [-0.15, -0.1) is 0 Å². The predicted molar refractivity (Wildman–Crippen MR) is 91.7 cm³/mol. The number of aldehydes is 1. The van der Waals surface area contributed by atoms with E-state index in [1.54, 1.807) is 13.0 Å². The summed E-state index contributed by atoms with van der Waals surface area (Å²) in [5.41, 5.74) is 1.70. The van der Waals surface area contributed by atoms with Crippen molar-refractivity contribution >= 4 is 25.9 Å². The fourth-order valence-corrected chi connectivity index (χ4v) is 2.25. The van der Waals surface area contributed by atoms with Gasteiger partial charge in [0.15, 0.2) is 0 Å². The topological polar surface area (TPSA) is 79.7 Å². The van der Waals surface area contributed by atoms with Crippen LogP contribution in [-0.2, 0) is 10.7 Å². The molecule has 0 bridgehead atoms. The molecule has 5 nitrogen and oxygen atoms in total. The number of carbonyl (C=O) groups is 1. The molecular formula is C16H24NO4P. The molecule has 1 atom stereocenters. The van der Waals surface area contributed by atoms with Crippen LogP contribution in [0.2, 0.25) is 0 Å². The van der Waals surface area contributed by atoms with Crippen molar-refractivity contribution in [2.24, 2.45) is 0 Å². The molecule has 1 aromatic carbocycles. The smallest absolute Gasteiger partial charge is 0.150 e. The fraction of sp³-hybridized carbons (Fsp3) is 0.375. The fourth-order valence-electron chi connectivity index (χ4n) is 1.60. The van der Waals surface area contributed by atoms with Gasteiger partial charge in [-0.2, -0.15) is 0 Å². The Labute approximate surface area is 133 Å². The number of fused-ring (bicyclic) bond motifs is 1. The number of pyridine rings is 1. The molecule has 0 aliphatic rings. The van der Waals surface area contributed by atoms with Gasteiger partial charge >= 0.3 is 0 Å². The van der Waals surface area contributed by atoms with Gasteiger partial charge < -0.3 is 14.7 Å². The lowest BCUT2D eigenvalue weighted by Gasteiger charge is -2.03. The number of aliphatic hydroxyl groups is 2. The molecule has 1 unspecified atom stereocenters. The van der Waals surface area contributed by atoms with Crippen LogP contribution in [0.5, 0.6) is 0 Å². The van der Waals surface area contributed by atoms with Gasteiger partial charge in [0.25, 0.3) is 0 Å². The van der Waals surface area contributed by atoms with E-state index in [0.29, 0.717) is 14.4 Å². The SMILES string of the molecule is CCO.CCOPCc1cc2cc(C=O)ccc2cn1.CO. The molecular weight excluding hydrogens is 301 g/mol. The molecule has 0 aliphatic carbocycles. The van der Waals surface area contributed by atoms with E-state index in [2.05, 4.69) is 4.98 Å². The molecule has 0 radical (unpaired) electrons. The maximum absolute atomic E-state index is 10.7. The summed E-state index contributed by atoms with van der Waals surface area (Å²) in [5, 5.41) is 16.7. The summed E-state index contributed by atoms with van der Waals surface area (Å²) in [7, 11) is 1.45. The number of carbonyl (C=O) groups excluding carboxylic acids is 1. The van der Waals surface area contributed by atoms with E-state index in [1.165, 1.54) is 0 Å². The van der Waals surface area contributed by atoms with Crippen molar-refractivity contribution in [2.45, 2.75) is 20.0 Å². The van der Waals surface area contributed by atoms with Gasteiger partial charge in [0.1, 0.15) is 6.29 Å². The lowest BCUT2D eigenvalue weighted by molar-refractivity contribution is 0.112.